The largest absolute Gasteiger partial charge is 0.455 e. The molecule has 17 heavy (non-hydrogen) atoms. The highest BCUT2D eigenvalue weighted by atomic mass is 16.5. The molecule has 0 N–H and O–H groups in total. The van der Waals surface area contributed by atoms with Gasteiger partial charge >= 0.3 is 0 Å². The third-order valence-electron chi connectivity index (χ3n) is 2.40. The van der Waals surface area contributed by atoms with Gasteiger partial charge in [-0.2, -0.15) is 0 Å². The van der Waals surface area contributed by atoms with Crippen LogP contribution in [0, 0.1) is 13.8 Å². The van der Waals surface area contributed by atoms with Gasteiger partial charge in [0.1, 0.15) is 11.5 Å². The molecule has 0 fully saturated rings. The van der Waals surface area contributed by atoms with Gasteiger partial charge in [0, 0.05) is 5.69 Å². The maximum atomic E-state index is 10.9. The van der Waals surface area contributed by atoms with Gasteiger partial charge in [-0.25, -0.2) is 0 Å². The molecule has 2 aromatic rings. The smallest absolute Gasteiger partial charge is 0.153 e. The van der Waals surface area contributed by atoms with Crippen molar-refractivity contribution in [1.82, 2.24) is 4.98 Å². The fourth-order valence-corrected chi connectivity index (χ4v) is 1.49. The van der Waals surface area contributed by atoms with Crippen molar-refractivity contribution in [1.29, 1.82) is 0 Å². The number of carbonyl (C=O) groups excluding carboxylic acids is 1. The van der Waals surface area contributed by atoms with Crippen molar-refractivity contribution in [2.24, 2.45) is 0 Å². The summed E-state index contributed by atoms with van der Waals surface area (Å²) in [5, 5.41) is 0. The van der Waals surface area contributed by atoms with Crippen LogP contribution in [0.5, 0.6) is 11.5 Å². The molecule has 1 heterocycles. The number of pyridine rings is 1. The van der Waals surface area contributed by atoms with Gasteiger partial charge in [0.05, 0.1) is 11.8 Å². The van der Waals surface area contributed by atoms with Crippen LogP contribution in [0.3, 0.4) is 0 Å². The van der Waals surface area contributed by atoms with E-state index in [0.717, 1.165) is 17.5 Å². The van der Waals surface area contributed by atoms with Gasteiger partial charge in [0.25, 0.3) is 0 Å². The molecule has 0 amide bonds. The Morgan fingerprint density at radius 3 is 2.65 bits per heavy atom. The first-order chi connectivity index (χ1) is 8.19. The zero-order chi connectivity index (χ0) is 12.3. The number of hydrogen-bond acceptors (Lipinski definition) is 3. The van der Waals surface area contributed by atoms with Gasteiger partial charge in [-0.1, -0.05) is 11.6 Å². The number of carbonyl (C=O) groups is 1. The Labute approximate surface area is 100 Å². The minimum absolute atomic E-state index is 0.547. The van der Waals surface area contributed by atoms with E-state index in [1.807, 2.05) is 32.0 Å². The van der Waals surface area contributed by atoms with Crippen LogP contribution >= 0.6 is 0 Å². The number of benzene rings is 1. The second-order valence-corrected chi connectivity index (χ2v) is 3.90. The summed E-state index contributed by atoms with van der Waals surface area (Å²) in [5.41, 5.74) is 2.50. The monoisotopic (exact) mass is 227 g/mol. The summed E-state index contributed by atoms with van der Waals surface area (Å²) in [6.45, 7) is 3.84. The zero-order valence-corrected chi connectivity index (χ0v) is 9.81. The van der Waals surface area contributed by atoms with Crippen molar-refractivity contribution in [2.45, 2.75) is 13.8 Å². The molecule has 0 spiro atoms. The molecule has 3 heteroatoms. The van der Waals surface area contributed by atoms with E-state index in [-0.39, 0.29) is 0 Å². The Balaban J connectivity index is 2.29. The summed E-state index contributed by atoms with van der Waals surface area (Å²) in [5.74, 6) is 1.18. The summed E-state index contributed by atoms with van der Waals surface area (Å²) in [6.07, 6.45) is 2.44. The van der Waals surface area contributed by atoms with E-state index in [1.165, 1.54) is 0 Å². The van der Waals surface area contributed by atoms with Crippen LogP contribution in [-0.4, -0.2) is 11.3 Å². The molecule has 86 valence electrons. The van der Waals surface area contributed by atoms with E-state index in [0.29, 0.717) is 17.1 Å². The lowest BCUT2D eigenvalue weighted by atomic mass is 10.1. The van der Waals surface area contributed by atoms with Crippen LogP contribution in [0.25, 0.3) is 0 Å². The maximum absolute atomic E-state index is 10.9. The Bertz CT molecular complexity index is 532. The van der Waals surface area contributed by atoms with Crippen molar-refractivity contribution in [3.05, 3.63) is 53.3 Å². The van der Waals surface area contributed by atoms with Crippen LogP contribution in [0.2, 0.25) is 0 Å². The third kappa shape index (κ3) is 2.69. The molecule has 0 saturated carbocycles. The van der Waals surface area contributed by atoms with E-state index < -0.39 is 0 Å². The molecule has 2 rings (SSSR count). The van der Waals surface area contributed by atoms with Gasteiger partial charge in [-0.3, -0.25) is 9.78 Å². The molecule has 1 aromatic heterocycles. The molecule has 0 aliphatic heterocycles. The number of nitrogens with zero attached hydrogens (tertiary/aromatic N) is 1. The van der Waals surface area contributed by atoms with E-state index in [4.69, 9.17) is 4.74 Å². The van der Waals surface area contributed by atoms with Gasteiger partial charge in [-0.05, 0) is 38.1 Å². The van der Waals surface area contributed by atoms with Gasteiger partial charge in [0.15, 0.2) is 6.29 Å². The SMILES string of the molecule is Cc1ccc(Oc2ccc(C)nc2)c(C=O)c1. The molecule has 0 bridgehead atoms. The second-order valence-electron chi connectivity index (χ2n) is 3.90. The average Bonchev–Trinajstić information content (AvgIpc) is 2.34. The lowest BCUT2D eigenvalue weighted by molar-refractivity contribution is 0.112. The fraction of sp³-hybridized carbons (Fsp3) is 0.143. The lowest BCUT2D eigenvalue weighted by Crippen LogP contribution is -1.92. The molecule has 0 unspecified atom stereocenters. The zero-order valence-electron chi connectivity index (χ0n) is 9.81. The number of hydrogen-bond donors (Lipinski definition) is 0. The first kappa shape index (κ1) is 11.3. The molecular weight excluding hydrogens is 214 g/mol. The third-order valence-corrected chi connectivity index (χ3v) is 2.40. The summed E-state index contributed by atoms with van der Waals surface area (Å²) in [6, 6.07) is 9.19. The molecule has 0 aliphatic carbocycles. The van der Waals surface area contributed by atoms with Crippen molar-refractivity contribution in [3.8, 4) is 11.5 Å². The number of aldehydes is 1. The number of rotatable bonds is 3. The topological polar surface area (TPSA) is 39.2 Å². The number of aromatic nitrogens is 1. The Hall–Kier alpha value is -2.16. The molecule has 0 atom stereocenters. The van der Waals surface area contributed by atoms with Crippen molar-refractivity contribution < 1.29 is 9.53 Å². The second kappa shape index (κ2) is 4.78. The lowest BCUT2D eigenvalue weighted by Gasteiger charge is -2.08. The van der Waals surface area contributed by atoms with Crippen LogP contribution in [0.1, 0.15) is 21.6 Å². The average molecular weight is 227 g/mol. The van der Waals surface area contributed by atoms with E-state index >= 15 is 0 Å². The summed E-state index contributed by atoms with van der Waals surface area (Å²) in [7, 11) is 0. The fourth-order valence-electron chi connectivity index (χ4n) is 1.49. The molecule has 1 aromatic carbocycles. The highest BCUT2D eigenvalue weighted by molar-refractivity contribution is 5.79. The Morgan fingerprint density at radius 1 is 1.18 bits per heavy atom. The van der Waals surface area contributed by atoms with E-state index in [1.54, 1.807) is 18.3 Å². The quantitative estimate of drug-likeness (QED) is 0.755. The predicted octanol–water partition coefficient (Wildman–Crippen LogP) is 3.30. The van der Waals surface area contributed by atoms with E-state index in [2.05, 4.69) is 4.98 Å². The standard InChI is InChI=1S/C14H13NO2/c1-10-3-6-14(12(7-10)9-16)17-13-5-4-11(2)15-8-13/h3-9H,1-2H3. The predicted molar refractivity (Wildman–Crippen MR) is 65.6 cm³/mol. The Morgan fingerprint density at radius 2 is 2.00 bits per heavy atom. The minimum atomic E-state index is 0.547. The molecule has 3 nitrogen and oxygen atoms in total. The highest BCUT2D eigenvalue weighted by Gasteiger charge is 2.04. The van der Waals surface area contributed by atoms with Crippen molar-refractivity contribution in [3.63, 3.8) is 0 Å². The van der Waals surface area contributed by atoms with Crippen LogP contribution in [0.15, 0.2) is 36.5 Å². The summed E-state index contributed by atoms with van der Waals surface area (Å²) >= 11 is 0. The molecule has 0 saturated heterocycles. The van der Waals surface area contributed by atoms with Crippen LogP contribution in [0.4, 0.5) is 0 Å². The number of ether oxygens (including phenoxy) is 1. The van der Waals surface area contributed by atoms with E-state index in [9.17, 15) is 4.79 Å². The van der Waals surface area contributed by atoms with Gasteiger partial charge in [0.2, 0.25) is 0 Å². The highest BCUT2D eigenvalue weighted by Crippen LogP contribution is 2.24. The van der Waals surface area contributed by atoms with Gasteiger partial charge < -0.3 is 4.74 Å². The summed E-state index contributed by atoms with van der Waals surface area (Å²) < 4.78 is 5.62. The minimum Gasteiger partial charge on any atom is -0.455 e. The molecule has 0 aliphatic rings. The molecular formula is C14H13NO2. The van der Waals surface area contributed by atoms with Crippen LogP contribution < -0.4 is 4.74 Å². The maximum Gasteiger partial charge on any atom is 0.153 e. The van der Waals surface area contributed by atoms with Gasteiger partial charge in [-0.15, -0.1) is 0 Å². The Kier molecular flexibility index (Phi) is 3.19. The summed E-state index contributed by atoms with van der Waals surface area (Å²) in [4.78, 5) is 15.1. The molecule has 0 radical (unpaired) electrons. The first-order valence-electron chi connectivity index (χ1n) is 5.35. The normalized spacial score (nSPS) is 10.0. The van der Waals surface area contributed by atoms with Crippen molar-refractivity contribution >= 4 is 6.29 Å². The first-order valence-corrected chi connectivity index (χ1v) is 5.35. The van der Waals surface area contributed by atoms with Crippen molar-refractivity contribution in [2.75, 3.05) is 0 Å². The number of aryl methyl sites for hydroxylation is 2. The van der Waals surface area contributed by atoms with Crippen LogP contribution in [-0.2, 0) is 0 Å².